The molecule has 0 aromatic carbocycles. The van der Waals surface area contributed by atoms with Gasteiger partial charge in [0.25, 0.3) is 0 Å². The third-order valence-corrected chi connectivity index (χ3v) is 5.06. The fourth-order valence-electron chi connectivity index (χ4n) is 4.14. The first-order valence-corrected chi connectivity index (χ1v) is 9.40. The highest BCUT2D eigenvalue weighted by Crippen LogP contribution is 2.35. The number of nitrogens with one attached hydrogen (secondary N) is 1. The van der Waals surface area contributed by atoms with Gasteiger partial charge in [-0.25, -0.2) is 0 Å². The number of hydrogen-bond donors (Lipinski definition) is 1. The number of hydrogen-bond acceptors (Lipinski definition) is 1. The predicted octanol–water partition coefficient (Wildman–Crippen LogP) is 5.79. The molecule has 1 N–H and O–H groups in total. The molecule has 1 aliphatic carbocycles. The van der Waals surface area contributed by atoms with E-state index in [4.69, 9.17) is 0 Å². The Morgan fingerprint density at radius 2 is 1.50 bits per heavy atom. The topological polar surface area (TPSA) is 12.0 Å². The second-order valence-electron chi connectivity index (χ2n) is 7.44. The average Bonchev–Trinajstić information content (AvgIpc) is 2.40. The molecule has 1 aliphatic rings. The first-order valence-electron chi connectivity index (χ1n) is 9.40. The van der Waals surface area contributed by atoms with Gasteiger partial charge in [0.05, 0.1) is 0 Å². The molecule has 120 valence electrons. The summed E-state index contributed by atoms with van der Waals surface area (Å²) in [6, 6.07) is 0.793. The van der Waals surface area contributed by atoms with E-state index in [1.54, 1.807) is 0 Å². The summed E-state index contributed by atoms with van der Waals surface area (Å²) in [4.78, 5) is 0. The quantitative estimate of drug-likeness (QED) is 0.500. The highest BCUT2D eigenvalue weighted by Gasteiger charge is 2.29. The van der Waals surface area contributed by atoms with Crippen LogP contribution in [-0.4, -0.2) is 12.6 Å². The van der Waals surface area contributed by atoms with Crippen LogP contribution in [0.4, 0.5) is 0 Å². The molecule has 1 nitrogen and oxygen atoms in total. The summed E-state index contributed by atoms with van der Waals surface area (Å²) < 4.78 is 0. The van der Waals surface area contributed by atoms with Crippen molar-refractivity contribution in [3.63, 3.8) is 0 Å². The van der Waals surface area contributed by atoms with Crippen molar-refractivity contribution in [2.24, 2.45) is 17.8 Å². The summed E-state index contributed by atoms with van der Waals surface area (Å²) in [7, 11) is 0. The van der Waals surface area contributed by atoms with Crippen LogP contribution in [0, 0.1) is 17.8 Å². The van der Waals surface area contributed by atoms with Gasteiger partial charge in [0, 0.05) is 6.04 Å². The van der Waals surface area contributed by atoms with Crippen molar-refractivity contribution in [1.29, 1.82) is 0 Å². The van der Waals surface area contributed by atoms with E-state index in [0.29, 0.717) is 0 Å². The first kappa shape index (κ1) is 18.0. The zero-order valence-corrected chi connectivity index (χ0v) is 14.6. The molecule has 3 atom stereocenters. The summed E-state index contributed by atoms with van der Waals surface area (Å²) in [5, 5.41) is 3.87. The highest BCUT2D eigenvalue weighted by atomic mass is 14.9. The molecule has 3 unspecified atom stereocenters. The van der Waals surface area contributed by atoms with E-state index < -0.39 is 0 Å². The Morgan fingerprint density at radius 3 is 2.10 bits per heavy atom. The molecule has 0 spiro atoms. The molecule has 0 aliphatic heterocycles. The molecule has 0 radical (unpaired) electrons. The minimum absolute atomic E-state index is 0.793. The molecule has 0 aromatic rings. The van der Waals surface area contributed by atoms with E-state index in [1.165, 1.54) is 70.8 Å². The molecule has 0 amide bonds. The fourth-order valence-corrected chi connectivity index (χ4v) is 4.14. The molecule has 1 saturated carbocycles. The summed E-state index contributed by atoms with van der Waals surface area (Å²) >= 11 is 0. The van der Waals surface area contributed by atoms with Gasteiger partial charge in [0.15, 0.2) is 0 Å². The van der Waals surface area contributed by atoms with Crippen molar-refractivity contribution < 1.29 is 0 Å². The normalized spacial score (nSPS) is 28.5. The van der Waals surface area contributed by atoms with Gasteiger partial charge < -0.3 is 5.32 Å². The maximum Gasteiger partial charge on any atom is 0.00955 e. The molecule has 0 saturated heterocycles. The van der Waals surface area contributed by atoms with Gasteiger partial charge in [-0.1, -0.05) is 59.8 Å². The second-order valence-corrected chi connectivity index (χ2v) is 7.44. The minimum atomic E-state index is 0.793. The third-order valence-electron chi connectivity index (χ3n) is 5.06. The number of unbranched alkanes of at least 4 members (excludes halogenated alkanes) is 4. The maximum absolute atomic E-state index is 3.87. The Hall–Kier alpha value is -0.0400. The van der Waals surface area contributed by atoms with Gasteiger partial charge in [-0.3, -0.25) is 0 Å². The molecule has 0 bridgehead atoms. The van der Waals surface area contributed by atoms with Gasteiger partial charge in [-0.05, 0) is 56.4 Å². The smallest absolute Gasteiger partial charge is 0.00955 e. The van der Waals surface area contributed by atoms with Gasteiger partial charge >= 0.3 is 0 Å². The SMILES string of the molecule is CCCCCCCC(NCCC)C1CC(C)CC(C)C1. The Balaban J connectivity index is 2.37. The van der Waals surface area contributed by atoms with Gasteiger partial charge in [0.2, 0.25) is 0 Å². The third kappa shape index (κ3) is 7.11. The molecule has 20 heavy (non-hydrogen) atoms. The van der Waals surface area contributed by atoms with E-state index >= 15 is 0 Å². The van der Waals surface area contributed by atoms with E-state index in [2.05, 4.69) is 33.0 Å². The van der Waals surface area contributed by atoms with Crippen LogP contribution >= 0.6 is 0 Å². The predicted molar refractivity (Wildman–Crippen MR) is 91.1 cm³/mol. The largest absolute Gasteiger partial charge is 0.314 e. The van der Waals surface area contributed by atoms with Gasteiger partial charge in [-0.2, -0.15) is 0 Å². The van der Waals surface area contributed by atoms with Crippen LogP contribution in [0.1, 0.15) is 91.9 Å². The van der Waals surface area contributed by atoms with Gasteiger partial charge in [0.1, 0.15) is 0 Å². The molecule has 0 heterocycles. The van der Waals surface area contributed by atoms with E-state index in [0.717, 1.165) is 23.8 Å². The van der Waals surface area contributed by atoms with Crippen LogP contribution in [0.5, 0.6) is 0 Å². The second kappa shape index (κ2) is 10.7. The van der Waals surface area contributed by atoms with Crippen LogP contribution in [0.3, 0.4) is 0 Å². The molecular formula is C19H39N. The fraction of sp³-hybridized carbons (Fsp3) is 1.00. The van der Waals surface area contributed by atoms with Crippen molar-refractivity contribution in [3.05, 3.63) is 0 Å². The van der Waals surface area contributed by atoms with Gasteiger partial charge in [-0.15, -0.1) is 0 Å². The van der Waals surface area contributed by atoms with E-state index in [1.807, 2.05) is 0 Å². The maximum atomic E-state index is 3.87. The number of rotatable bonds is 10. The van der Waals surface area contributed by atoms with Crippen LogP contribution < -0.4 is 5.32 Å². The van der Waals surface area contributed by atoms with E-state index in [9.17, 15) is 0 Å². The molecule has 0 aromatic heterocycles. The Kier molecular flexibility index (Phi) is 9.59. The van der Waals surface area contributed by atoms with Crippen molar-refractivity contribution in [2.75, 3.05) is 6.54 Å². The Morgan fingerprint density at radius 1 is 0.850 bits per heavy atom. The molecular weight excluding hydrogens is 242 g/mol. The van der Waals surface area contributed by atoms with Crippen molar-refractivity contribution in [3.8, 4) is 0 Å². The van der Waals surface area contributed by atoms with Crippen LogP contribution in [-0.2, 0) is 0 Å². The first-order chi connectivity index (χ1) is 9.67. The summed E-state index contributed by atoms with van der Waals surface area (Å²) in [5.41, 5.74) is 0. The van der Waals surface area contributed by atoms with Crippen molar-refractivity contribution >= 4 is 0 Å². The summed E-state index contributed by atoms with van der Waals surface area (Å²) in [5.74, 6) is 2.82. The van der Waals surface area contributed by atoms with Crippen LogP contribution in [0.15, 0.2) is 0 Å². The molecule has 1 heteroatoms. The lowest BCUT2D eigenvalue weighted by Crippen LogP contribution is -2.40. The zero-order valence-electron chi connectivity index (χ0n) is 14.6. The lowest BCUT2D eigenvalue weighted by molar-refractivity contribution is 0.169. The highest BCUT2D eigenvalue weighted by molar-refractivity contribution is 4.83. The molecule has 1 rings (SSSR count). The van der Waals surface area contributed by atoms with Crippen molar-refractivity contribution in [1.82, 2.24) is 5.32 Å². The monoisotopic (exact) mass is 281 g/mol. The standard InChI is InChI=1S/C19H39N/c1-5-7-8-9-10-11-19(20-12-6-2)18-14-16(3)13-17(4)15-18/h16-20H,5-15H2,1-4H3. The minimum Gasteiger partial charge on any atom is -0.314 e. The molecule has 1 fully saturated rings. The average molecular weight is 282 g/mol. The lowest BCUT2D eigenvalue weighted by atomic mass is 9.73. The summed E-state index contributed by atoms with van der Waals surface area (Å²) in [6.07, 6.45) is 14.1. The Bertz CT molecular complexity index is 216. The van der Waals surface area contributed by atoms with Crippen LogP contribution in [0.2, 0.25) is 0 Å². The zero-order chi connectivity index (χ0) is 14.8. The Labute approximate surface area is 128 Å². The van der Waals surface area contributed by atoms with Crippen LogP contribution in [0.25, 0.3) is 0 Å². The summed E-state index contributed by atoms with van der Waals surface area (Å²) in [6.45, 7) is 10.7. The van der Waals surface area contributed by atoms with Crippen molar-refractivity contribution in [2.45, 2.75) is 97.9 Å². The lowest BCUT2D eigenvalue weighted by Gasteiger charge is -2.37. The van der Waals surface area contributed by atoms with E-state index in [-0.39, 0.29) is 0 Å².